The van der Waals surface area contributed by atoms with E-state index in [1.165, 1.54) is 12.1 Å². The second-order valence-corrected chi connectivity index (χ2v) is 7.49. The van der Waals surface area contributed by atoms with Crippen molar-refractivity contribution in [3.8, 4) is 0 Å². The number of aromatic amines is 1. The minimum absolute atomic E-state index is 0.0255. The first-order valence-electron chi connectivity index (χ1n) is 8.25. The van der Waals surface area contributed by atoms with Crippen LogP contribution >= 0.6 is 0 Å². The van der Waals surface area contributed by atoms with Crippen LogP contribution in [0.2, 0.25) is 0 Å². The highest BCUT2D eigenvalue weighted by Gasteiger charge is 2.13. The number of nitrogens with two attached hydrogens (primary N) is 1. The molecule has 0 atom stereocenters. The average molecular weight is 396 g/mol. The van der Waals surface area contributed by atoms with Gasteiger partial charge in [-0.05, 0) is 29.8 Å². The molecule has 0 saturated carbocycles. The fraction of sp³-hybridized carbons (Fsp3) is 0.0588. The van der Waals surface area contributed by atoms with Crippen molar-refractivity contribution in [2.24, 2.45) is 5.14 Å². The van der Waals surface area contributed by atoms with Crippen molar-refractivity contribution in [3.05, 3.63) is 60.2 Å². The lowest BCUT2D eigenvalue weighted by atomic mass is 10.2. The number of hydrogen-bond donors (Lipinski definition) is 4. The van der Waals surface area contributed by atoms with Crippen molar-refractivity contribution < 1.29 is 8.42 Å². The predicted molar refractivity (Wildman–Crippen MR) is 104 cm³/mol. The van der Waals surface area contributed by atoms with E-state index in [4.69, 9.17) is 5.14 Å². The first-order chi connectivity index (χ1) is 13.5. The Morgan fingerprint density at radius 2 is 1.71 bits per heavy atom. The molecule has 2 heterocycles. The second kappa shape index (κ2) is 7.21. The van der Waals surface area contributed by atoms with Gasteiger partial charge in [0.1, 0.15) is 0 Å². The van der Waals surface area contributed by atoms with E-state index < -0.39 is 10.0 Å². The van der Waals surface area contributed by atoms with Gasteiger partial charge in [0.25, 0.3) is 0 Å². The van der Waals surface area contributed by atoms with Crippen LogP contribution in [0.5, 0.6) is 0 Å². The summed E-state index contributed by atoms with van der Waals surface area (Å²) in [5.41, 5.74) is 2.55. The number of nitrogens with one attached hydrogen (secondary N) is 3. The standard InChI is InChI=1S/C17H16N8O2S/c18-28(26,27)13-8-6-12(7-9-13)20-15-14-16(24-25-23-14)22-17(21-15)19-10-11-4-2-1-3-5-11/h1-9H,10H2,(H2,18,26,27)(H3,19,20,21,22,23,24,25). The van der Waals surface area contributed by atoms with Crippen LogP contribution in [0.4, 0.5) is 17.5 Å². The van der Waals surface area contributed by atoms with Gasteiger partial charge in [-0.3, -0.25) is 0 Å². The third-order valence-corrected chi connectivity index (χ3v) is 4.85. The number of H-pyrrole nitrogens is 1. The fourth-order valence-electron chi connectivity index (χ4n) is 2.55. The van der Waals surface area contributed by atoms with Gasteiger partial charge < -0.3 is 10.6 Å². The van der Waals surface area contributed by atoms with Gasteiger partial charge in [-0.25, -0.2) is 13.6 Å². The van der Waals surface area contributed by atoms with Gasteiger partial charge in [-0.1, -0.05) is 30.3 Å². The first kappa shape index (κ1) is 17.8. The van der Waals surface area contributed by atoms with Gasteiger partial charge in [-0.2, -0.15) is 20.3 Å². The summed E-state index contributed by atoms with van der Waals surface area (Å²) < 4.78 is 22.8. The van der Waals surface area contributed by atoms with E-state index in [-0.39, 0.29) is 4.90 Å². The molecule has 10 nitrogen and oxygen atoms in total. The number of anilines is 3. The number of hydrogen-bond acceptors (Lipinski definition) is 8. The van der Waals surface area contributed by atoms with E-state index in [0.29, 0.717) is 35.2 Å². The van der Waals surface area contributed by atoms with Crippen molar-refractivity contribution in [1.82, 2.24) is 25.4 Å². The van der Waals surface area contributed by atoms with Crippen molar-refractivity contribution in [1.29, 1.82) is 0 Å². The number of primary sulfonamides is 1. The van der Waals surface area contributed by atoms with Crippen molar-refractivity contribution in [3.63, 3.8) is 0 Å². The van der Waals surface area contributed by atoms with E-state index in [0.717, 1.165) is 5.56 Å². The van der Waals surface area contributed by atoms with Gasteiger partial charge in [0.2, 0.25) is 21.6 Å². The molecule has 0 aliphatic heterocycles. The molecule has 0 aliphatic carbocycles. The summed E-state index contributed by atoms with van der Waals surface area (Å²) in [4.78, 5) is 8.82. The predicted octanol–water partition coefficient (Wildman–Crippen LogP) is 1.75. The summed E-state index contributed by atoms with van der Waals surface area (Å²) in [6.07, 6.45) is 0. The Morgan fingerprint density at radius 1 is 0.964 bits per heavy atom. The van der Waals surface area contributed by atoms with Crippen LogP contribution in [0.1, 0.15) is 5.56 Å². The van der Waals surface area contributed by atoms with Crippen LogP contribution < -0.4 is 15.8 Å². The Morgan fingerprint density at radius 3 is 2.43 bits per heavy atom. The monoisotopic (exact) mass is 396 g/mol. The molecule has 2 aromatic heterocycles. The molecule has 0 aliphatic rings. The van der Waals surface area contributed by atoms with Crippen molar-refractivity contribution in [2.75, 3.05) is 10.6 Å². The van der Waals surface area contributed by atoms with E-state index in [1.807, 2.05) is 30.3 Å². The summed E-state index contributed by atoms with van der Waals surface area (Å²) in [7, 11) is -3.75. The third kappa shape index (κ3) is 3.89. The maximum atomic E-state index is 11.4. The molecule has 28 heavy (non-hydrogen) atoms. The number of sulfonamides is 1. The van der Waals surface area contributed by atoms with Gasteiger partial charge in [-0.15, -0.1) is 5.10 Å². The number of benzene rings is 2. The average Bonchev–Trinajstić information content (AvgIpc) is 3.16. The molecule has 11 heteroatoms. The van der Waals surface area contributed by atoms with E-state index in [1.54, 1.807) is 12.1 Å². The normalized spacial score (nSPS) is 11.5. The van der Waals surface area contributed by atoms with Gasteiger partial charge in [0.15, 0.2) is 11.3 Å². The van der Waals surface area contributed by atoms with Gasteiger partial charge in [0, 0.05) is 12.2 Å². The van der Waals surface area contributed by atoms with Crippen LogP contribution in [0.15, 0.2) is 59.5 Å². The summed E-state index contributed by atoms with van der Waals surface area (Å²) in [5, 5.41) is 22.0. The zero-order valence-corrected chi connectivity index (χ0v) is 15.3. The fourth-order valence-corrected chi connectivity index (χ4v) is 3.07. The molecule has 0 amide bonds. The summed E-state index contributed by atoms with van der Waals surface area (Å²) in [5.74, 6) is 0.812. The topological polar surface area (TPSA) is 152 Å². The van der Waals surface area contributed by atoms with Crippen LogP contribution in [-0.2, 0) is 16.6 Å². The largest absolute Gasteiger partial charge is 0.350 e. The number of nitrogens with zero attached hydrogens (tertiary/aromatic N) is 4. The van der Waals surface area contributed by atoms with Crippen molar-refractivity contribution >= 4 is 38.6 Å². The molecular formula is C17H16N8O2S. The Labute approximate surface area is 160 Å². The molecule has 5 N–H and O–H groups in total. The smallest absolute Gasteiger partial charge is 0.238 e. The molecule has 142 valence electrons. The Balaban J connectivity index is 1.60. The lowest BCUT2D eigenvalue weighted by Gasteiger charge is -2.09. The Hall–Kier alpha value is -3.57. The number of rotatable bonds is 6. The quantitative estimate of drug-likeness (QED) is 0.385. The van der Waals surface area contributed by atoms with Gasteiger partial charge in [0.05, 0.1) is 4.90 Å². The zero-order chi connectivity index (χ0) is 19.6. The molecule has 0 spiro atoms. The van der Waals surface area contributed by atoms with Crippen LogP contribution in [0, 0.1) is 0 Å². The highest BCUT2D eigenvalue weighted by Crippen LogP contribution is 2.23. The van der Waals surface area contributed by atoms with Crippen LogP contribution in [-0.4, -0.2) is 33.8 Å². The molecular weight excluding hydrogens is 380 g/mol. The number of fused-ring (bicyclic) bond motifs is 1. The lowest BCUT2D eigenvalue weighted by molar-refractivity contribution is 0.598. The second-order valence-electron chi connectivity index (χ2n) is 5.93. The van der Waals surface area contributed by atoms with Crippen LogP contribution in [0.3, 0.4) is 0 Å². The molecule has 0 radical (unpaired) electrons. The summed E-state index contributed by atoms with van der Waals surface area (Å²) >= 11 is 0. The Bertz CT molecular complexity index is 1210. The molecule has 2 aromatic carbocycles. The molecule has 4 aromatic rings. The molecule has 0 fully saturated rings. The van der Waals surface area contributed by atoms with Gasteiger partial charge >= 0.3 is 0 Å². The summed E-state index contributed by atoms with van der Waals surface area (Å²) in [6, 6.07) is 15.8. The van der Waals surface area contributed by atoms with Crippen molar-refractivity contribution in [2.45, 2.75) is 11.4 Å². The SMILES string of the molecule is NS(=O)(=O)c1ccc(Nc2nc(NCc3ccccc3)nc3n[nH]nc23)cc1. The molecule has 0 unspecified atom stereocenters. The molecule has 0 bridgehead atoms. The number of aromatic nitrogens is 5. The summed E-state index contributed by atoms with van der Waals surface area (Å²) in [6.45, 7) is 0.548. The minimum atomic E-state index is -3.75. The minimum Gasteiger partial charge on any atom is -0.350 e. The third-order valence-electron chi connectivity index (χ3n) is 3.92. The lowest BCUT2D eigenvalue weighted by Crippen LogP contribution is -2.11. The molecule has 0 saturated heterocycles. The van der Waals surface area contributed by atoms with E-state index in [9.17, 15) is 8.42 Å². The van der Waals surface area contributed by atoms with E-state index >= 15 is 0 Å². The molecule has 4 rings (SSSR count). The maximum Gasteiger partial charge on any atom is 0.238 e. The zero-order valence-electron chi connectivity index (χ0n) is 14.5. The highest BCUT2D eigenvalue weighted by molar-refractivity contribution is 7.89. The Kier molecular flexibility index (Phi) is 4.59. The van der Waals surface area contributed by atoms with E-state index in [2.05, 4.69) is 36.0 Å². The van der Waals surface area contributed by atoms with Crippen LogP contribution in [0.25, 0.3) is 11.2 Å². The maximum absolute atomic E-state index is 11.4. The highest BCUT2D eigenvalue weighted by atomic mass is 32.2. The first-order valence-corrected chi connectivity index (χ1v) is 9.80.